The topological polar surface area (TPSA) is 78.9 Å². The van der Waals surface area contributed by atoms with Crippen LogP contribution in [0.25, 0.3) is 0 Å². The van der Waals surface area contributed by atoms with E-state index in [4.69, 9.17) is 11.1 Å². The average Bonchev–Trinajstić information content (AvgIpc) is 2.71. The van der Waals surface area contributed by atoms with Crippen molar-refractivity contribution in [1.29, 1.82) is 5.41 Å². The summed E-state index contributed by atoms with van der Waals surface area (Å²) < 4.78 is 40.7. The molecule has 9 heteroatoms. The summed E-state index contributed by atoms with van der Waals surface area (Å²) in [5.74, 6) is -0.872. The van der Waals surface area contributed by atoms with Crippen molar-refractivity contribution >= 4 is 22.5 Å². The van der Waals surface area contributed by atoms with E-state index in [1.807, 2.05) is 13.8 Å². The molecule has 1 aromatic rings. The second-order valence-corrected chi connectivity index (χ2v) is 5.24. The van der Waals surface area contributed by atoms with Gasteiger partial charge in [0.15, 0.2) is 0 Å². The molecule has 3 N–H and O–H groups in total. The molecule has 0 spiro atoms. The molecule has 0 bridgehead atoms. The Kier molecular flexibility index (Phi) is 5.10. The highest BCUT2D eigenvalue weighted by molar-refractivity contribution is 7.09. The second kappa shape index (κ2) is 6.18. The van der Waals surface area contributed by atoms with Gasteiger partial charge >= 0.3 is 6.18 Å². The van der Waals surface area contributed by atoms with Gasteiger partial charge in [0, 0.05) is 31.0 Å². The van der Waals surface area contributed by atoms with Gasteiger partial charge < -0.3 is 10.6 Å². The molecular weight excluding hydrogens is 279 g/mol. The lowest BCUT2D eigenvalue weighted by Gasteiger charge is -2.23. The quantitative estimate of drug-likeness (QED) is 0.623. The molecule has 0 fully saturated rings. The van der Waals surface area contributed by atoms with E-state index in [1.54, 1.807) is 4.90 Å². The molecule has 0 aliphatic carbocycles. The number of nitrogens with zero attached hydrogens (tertiary/aromatic N) is 3. The van der Waals surface area contributed by atoms with Gasteiger partial charge in [-0.25, -0.2) is 0 Å². The Morgan fingerprint density at radius 2 is 2.11 bits per heavy atom. The van der Waals surface area contributed by atoms with Gasteiger partial charge in [-0.15, -0.1) is 0 Å². The van der Waals surface area contributed by atoms with Gasteiger partial charge in [-0.05, 0) is 5.92 Å². The van der Waals surface area contributed by atoms with Crippen LogP contribution < -0.4 is 10.6 Å². The van der Waals surface area contributed by atoms with Crippen molar-refractivity contribution in [2.45, 2.75) is 26.4 Å². The molecular formula is C10H16F3N5S. The van der Waals surface area contributed by atoms with Crippen molar-refractivity contribution < 1.29 is 13.2 Å². The number of hydrogen-bond donors (Lipinski definition) is 2. The third kappa shape index (κ3) is 5.01. The lowest BCUT2D eigenvalue weighted by atomic mass is 10.2. The van der Waals surface area contributed by atoms with Gasteiger partial charge in [0.2, 0.25) is 11.0 Å². The molecule has 0 aliphatic heterocycles. The highest BCUT2D eigenvalue weighted by Crippen LogP contribution is 2.30. The van der Waals surface area contributed by atoms with E-state index in [2.05, 4.69) is 9.36 Å². The number of hydrogen-bond acceptors (Lipinski definition) is 5. The molecule has 0 amide bonds. The average molecular weight is 295 g/mol. The fourth-order valence-corrected chi connectivity index (χ4v) is 2.14. The number of nitrogens with two attached hydrogens (primary N) is 1. The molecule has 0 aromatic carbocycles. The third-order valence-electron chi connectivity index (χ3n) is 2.18. The van der Waals surface area contributed by atoms with Crippen LogP contribution in [0.2, 0.25) is 0 Å². The van der Waals surface area contributed by atoms with E-state index in [0.29, 0.717) is 24.6 Å². The van der Waals surface area contributed by atoms with Crippen molar-refractivity contribution in [3.05, 3.63) is 5.82 Å². The first-order chi connectivity index (χ1) is 8.70. The van der Waals surface area contributed by atoms with Crippen LogP contribution in [0.3, 0.4) is 0 Å². The fraction of sp³-hybridized carbons (Fsp3) is 0.700. The van der Waals surface area contributed by atoms with E-state index in [1.165, 1.54) is 0 Å². The maximum Gasteiger partial charge on any atom is 0.452 e. The SMILES string of the molecule is CC(C)CN(CCC(=N)N)c1nc(C(F)(F)F)ns1. The monoisotopic (exact) mass is 295 g/mol. The predicted molar refractivity (Wildman–Crippen MR) is 68.5 cm³/mol. The molecule has 0 atom stereocenters. The largest absolute Gasteiger partial charge is 0.452 e. The zero-order valence-corrected chi connectivity index (χ0v) is 11.5. The Hall–Kier alpha value is -1.38. The third-order valence-corrected chi connectivity index (χ3v) is 2.95. The Labute approximate surface area is 113 Å². The number of amidine groups is 1. The smallest absolute Gasteiger partial charge is 0.388 e. The molecule has 0 radical (unpaired) electrons. The minimum Gasteiger partial charge on any atom is -0.388 e. The molecule has 0 aliphatic rings. The highest BCUT2D eigenvalue weighted by Gasteiger charge is 2.36. The summed E-state index contributed by atoms with van der Waals surface area (Å²) >= 11 is 0.712. The van der Waals surface area contributed by atoms with Crippen LogP contribution in [-0.2, 0) is 6.18 Å². The number of halogens is 3. The first kappa shape index (κ1) is 15.7. The van der Waals surface area contributed by atoms with Crippen molar-refractivity contribution in [1.82, 2.24) is 9.36 Å². The lowest BCUT2D eigenvalue weighted by molar-refractivity contribution is -0.144. The van der Waals surface area contributed by atoms with E-state index in [9.17, 15) is 13.2 Å². The number of anilines is 1. The molecule has 0 saturated carbocycles. The van der Waals surface area contributed by atoms with Gasteiger partial charge in [-0.1, -0.05) is 13.8 Å². The molecule has 19 heavy (non-hydrogen) atoms. The van der Waals surface area contributed by atoms with Gasteiger partial charge in [0.05, 0.1) is 5.84 Å². The zero-order chi connectivity index (χ0) is 14.6. The molecule has 1 heterocycles. The summed E-state index contributed by atoms with van der Waals surface area (Å²) in [4.78, 5) is 5.19. The van der Waals surface area contributed by atoms with E-state index >= 15 is 0 Å². The maximum absolute atomic E-state index is 12.5. The molecule has 0 saturated heterocycles. The summed E-state index contributed by atoms with van der Waals surface area (Å²) in [7, 11) is 0. The fourth-order valence-electron chi connectivity index (χ4n) is 1.42. The predicted octanol–water partition coefficient (Wildman–Crippen LogP) is 2.35. The summed E-state index contributed by atoms with van der Waals surface area (Å²) in [5.41, 5.74) is 5.27. The number of rotatable bonds is 6. The minimum atomic E-state index is -4.53. The standard InChI is InChI=1S/C10H16F3N5S/c1-6(2)5-18(4-3-7(14)15)9-16-8(17-19-9)10(11,12)13/h6H,3-5H2,1-2H3,(H3,14,15). The van der Waals surface area contributed by atoms with E-state index in [-0.39, 0.29) is 23.3 Å². The minimum absolute atomic E-state index is 0.00526. The van der Waals surface area contributed by atoms with Gasteiger partial charge in [-0.2, -0.15) is 22.5 Å². The molecule has 1 rings (SSSR count). The summed E-state index contributed by atoms with van der Waals surface area (Å²) in [5, 5.41) is 7.39. The highest BCUT2D eigenvalue weighted by atomic mass is 32.1. The van der Waals surface area contributed by atoms with Gasteiger partial charge in [0.25, 0.3) is 0 Å². The first-order valence-corrected chi connectivity index (χ1v) is 6.46. The second-order valence-electron chi connectivity index (χ2n) is 4.51. The normalized spacial score (nSPS) is 11.9. The van der Waals surface area contributed by atoms with Crippen molar-refractivity contribution in [2.75, 3.05) is 18.0 Å². The van der Waals surface area contributed by atoms with Crippen LogP contribution in [0.15, 0.2) is 0 Å². The van der Waals surface area contributed by atoms with Crippen LogP contribution in [0.5, 0.6) is 0 Å². The summed E-state index contributed by atoms with van der Waals surface area (Å²) in [6, 6.07) is 0. The maximum atomic E-state index is 12.5. The van der Waals surface area contributed by atoms with Crippen molar-refractivity contribution in [3.8, 4) is 0 Å². The Bertz CT molecular complexity index is 429. The summed E-state index contributed by atoms with van der Waals surface area (Å²) in [6.45, 7) is 4.80. The van der Waals surface area contributed by atoms with Crippen LogP contribution in [-0.4, -0.2) is 28.3 Å². The van der Waals surface area contributed by atoms with Crippen molar-refractivity contribution in [3.63, 3.8) is 0 Å². The van der Waals surface area contributed by atoms with Crippen LogP contribution in [0.4, 0.5) is 18.3 Å². The van der Waals surface area contributed by atoms with E-state index < -0.39 is 12.0 Å². The zero-order valence-electron chi connectivity index (χ0n) is 10.7. The van der Waals surface area contributed by atoms with E-state index in [0.717, 1.165) is 0 Å². The Balaban J connectivity index is 2.84. The number of nitrogens with one attached hydrogen (secondary N) is 1. The van der Waals surface area contributed by atoms with Crippen LogP contribution in [0, 0.1) is 11.3 Å². The molecule has 108 valence electrons. The number of aromatic nitrogens is 2. The lowest BCUT2D eigenvalue weighted by Crippen LogP contribution is -2.31. The molecule has 5 nitrogen and oxygen atoms in total. The van der Waals surface area contributed by atoms with Gasteiger partial charge in [-0.3, -0.25) is 5.41 Å². The number of alkyl halides is 3. The molecule has 0 unspecified atom stereocenters. The van der Waals surface area contributed by atoms with Gasteiger partial charge in [0.1, 0.15) is 0 Å². The molecule has 1 aromatic heterocycles. The summed E-state index contributed by atoms with van der Waals surface area (Å²) in [6.07, 6.45) is -4.24. The van der Waals surface area contributed by atoms with Crippen molar-refractivity contribution in [2.24, 2.45) is 11.7 Å². The Morgan fingerprint density at radius 3 is 2.53 bits per heavy atom. The Morgan fingerprint density at radius 1 is 1.47 bits per heavy atom. The van der Waals surface area contributed by atoms with Crippen LogP contribution in [0.1, 0.15) is 26.1 Å². The van der Waals surface area contributed by atoms with Crippen LogP contribution >= 0.6 is 11.5 Å². The first-order valence-electron chi connectivity index (χ1n) is 5.69.